The molecule has 7 nitrogen and oxygen atoms in total. The smallest absolute Gasteiger partial charge is 0.406 e. The predicted octanol–water partition coefficient (Wildman–Crippen LogP) is 4.93. The number of carbonyl (C=O) groups is 1. The van der Waals surface area contributed by atoms with Gasteiger partial charge in [-0.15, -0.1) is 31.4 Å². The van der Waals surface area contributed by atoms with Crippen LogP contribution in [0.25, 0.3) is 11.5 Å². The van der Waals surface area contributed by atoms with E-state index in [0.717, 1.165) is 18.2 Å². The lowest BCUT2D eigenvalue weighted by Gasteiger charge is -2.10. The molecule has 2 aromatic carbocycles. The van der Waals surface area contributed by atoms with Crippen LogP contribution >= 0.6 is 0 Å². The Kier molecular flexibility index (Phi) is 5.73. The van der Waals surface area contributed by atoms with E-state index in [1.54, 1.807) is 0 Å². The van der Waals surface area contributed by atoms with Crippen LogP contribution in [0.4, 0.5) is 36.7 Å². The Labute approximate surface area is 167 Å². The van der Waals surface area contributed by atoms with Gasteiger partial charge >= 0.3 is 18.7 Å². The van der Waals surface area contributed by atoms with E-state index in [-0.39, 0.29) is 17.0 Å². The third-order valence-corrected chi connectivity index (χ3v) is 3.40. The number of alkyl halides is 6. The summed E-state index contributed by atoms with van der Waals surface area (Å²) in [5, 5.41) is 9.20. The number of halogens is 7. The molecule has 164 valence electrons. The van der Waals surface area contributed by atoms with Crippen LogP contribution in [0.3, 0.4) is 0 Å². The first-order valence-electron chi connectivity index (χ1n) is 7.96. The van der Waals surface area contributed by atoms with Crippen molar-refractivity contribution in [2.24, 2.45) is 0 Å². The summed E-state index contributed by atoms with van der Waals surface area (Å²) in [5.41, 5.74) is -0.178. The lowest BCUT2D eigenvalue weighted by Crippen LogP contribution is -2.18. The molecule has 0 fully saturated rings. The van der Waals surface area contributed by atoms with Crippen molar-refractivity contribution >= 4 is 11.9 Å². The van der Waals surface area contributed by atoms with E-state index in [2.05, 4.69) is 25.0 Å². The van der Waals surface area contributed by atoms with Crippen molar-refractivity contribution in [2.45, 2.75) is 12.7 Å². The summed E-state index contributed by atoms with van der Waals surface area (Å²) in [4.78, 5) is 12.1. The number of hydrogen-bond acceptors (Lipinski definition) is 6. The molecule has 0 aliphatic rings. The molecule has 0 bridgehead atoms. The molecular weight excluding hydrogens is 443 g/mol. The Morgan fingerprint density at radius 1 is 0.903 bits per heavy atom. The Bertz CT molecular complexity index is 1080. The lowest BCUT2D eigenvalue weighted by atomic mass is 10.2. The highest BCUT2D eigenvalue weighted by Gasteiger charge is 2.33. The Morgan fingerprint density at radius 2 is 1.55 bits per heavy atom. The molecule has 1 N–H and O–H groups in total. The van der Waals surface area contributed by atoms with Crippen LogP contribution in [0.1, 0.15) is 10.4 Å². The van der Waals surface area contributed by atoms with Crippen molar-refractivity contribution in [3.63, 3.8) is 0 Å². The fourth-order valence-corrected chi connectivity index (χ4v) is 2.21. The van der Waals surface area contributed by atoms with Gasteiger partial charge in [0.2, 0.25) is 5.89 Å². The molecule has 0 radical (unpaired) electrons. The molecule has 0 aliphatic heterocycles. The van der Waals surface area contributed by atoms with E-state index < -0.39 is 42.0 Å². The maximum Gasteiger partial charge on any atom is 0.573 e. The van der Waals surface area contributed by atoms with E-state index in [4.69, 9.17) is 4.42 Å². The van der Waals surface area contributed by atoms with Gasteiger partial charge in [-0.1, -0.05) is 5.10 Å². The number of nitrogens with zero attached hydrogens (tertiary/aromatic N) is 2. The van der Waals surface area contributed by atoms with Crippen molar-refractivity contribution in [1.29, 1.82) is 0 Å². The molecule has 1 heterocycles. The quantitative estimate of drug-likeness (QED) is 0.554. The number of amides is 1. The summed E-state index contributed by atoms with van der Waals surface area (Å²) in [6.07, 6.45) is -9.97. The molecule has 0 spiro atoms. The minimum Gasteiger partial charge on any atom is -0.406 e. The summed E-state index contributed by atoms with van der Waals surface area (Å²) < 4.78 is 99.0. The van der Waals surface area contributed by atoms with Crippen molar-refractivity contribution in [3.8, 4) is 23.0 Å². The lowest BCUT2D eigenvalue weighted by molar-refractivity contribution is -0.276. The van der Waals surface area contributed by atoms with Crippen molar-refractivity contribution < 1.29 is 49.4 Å². The minimum atomic E-state index is -5.11. The number of rotatable bonds is 5. The summed E-state index contributed by atoms with van der Waals surface area (Å²) in [5.74, 6) is -4.20. The van der Waals surface area contributed by atoms with E-state index >= 15 is 0 Å². The van der Waals surface area contributed by atoms with Crippen molar-refractivity contribution in [2.75, 3.05) is 5.32 Å². The number of hydrogen-bond donors (Lipinski definition) is 1. The van der Waals surface area contributed by atoms with Crippen LogP contribution in [-0.4, -0.2) is 28.8 Å². The van der Waals surface area contributed by atoms with Crippen LogP contribution in [0.15, 0.2) is 46.9 Å². The number of benzene rings is 2. The van der Waals surface area contributed by atoms with Gasteiger partial charge in [-0.25, -0.2) is 4.39 Å². The standard InChI is InChI=1S/C17H8F7N3O4/c18-11-7-9(3-6-12(11)31-17(22,23)24)13(28)25-15-27-26-14(29-15)8-1-4-10(5-2-8)30-16(19,20)21/h1-7H,(H,25,27,28). The number of carbonyl (C=O) groups excluding carboxylic acids is 1. The molecule has 0 saturated heterocycles. The fraction of sp³-hybridized carbons (Fsp3) is 0.118. The van der Waals surface area contributed by atoms with Crippen LogP contribution in [0, 0.1) is 5.82 Å². The van der Waals surface area contributed by atoms with E-state index in [0.29, 0.717) is 12.1 Å². The molecule has 0 saturated carbocycles. The monoisotopic (exact) mass is 451 g/mol. The van der Waals surface area contributed by atoms with Crippen LogP contribution in [-0.2, 0) is 0 Å². The average molecular weight is 451 g/mol. The second-order valence-corrected chi connectivity index (χ2v) is 5.63. The highest BCUT2D eigenvalue weighted by molar-refractivity contribution is 6.03. The average Bonchev–Trinajstić information content (AvgIpc) is 3.10. The molecule has 3 rings (SSSR count). The molecule has 3 aromatic rings. The Morgan fingerprint density at radius 3 is 2.13 bits per heavy atom. The SMILES string of the molecule is O=C(Nc1nnc(-c2ccc(OC(F)(F)F)cc2)o1)c1ccc(OC(F)(F)F)c(F)c1. The maximum absolute atomic E-state index is 13.7. The number of anilines is 1. The van der Waals surface area contributed by atoms with E-state index in [1.807, 2.05) is 0 Å². The zero-order valence-electron chi connectivity index (χ0n) is 14.7. The van der Waals surface area contributed by atoms with Crippen LogP contribution in [0.5, 0.6) is 11.5 Å². The molecule has 0 atom stereocenters. The summed E-state index contributed by atoms with van der Waals surface area (Å²) in [6.45, 7) is 0. The summed E-state index contributed by atoms with van der Waals surface area (Å²) >= 11 is 0. The van der Waals surface area contributed by atoms with Gasteiger partial charge in [0.25, 0.3) is 5.91 Å². The van der Waals surface area contributed by atoms with Gasteiger partial charge in [0.05, 0.1) is 0 Å². The summed E-state index contributed by atoms with van der Waals surface area (Å²) in [7, 11) is 0. The van der Waals surface area contributed by atoms with E-state index in [9.17, 15) is 35.5 Å². The topological polar surface area (TPSA) is 86.5 Å². The van der Waals surface area contributed by atoms with Gasteiger partial charge in [0.15, 0.2) is 11.6 Å². The second kappa shape index (κ2) is 8.12. The van der Waals surface area contributed by atoms with E-state index in [1.165, 1.54) is 12.1 Å². The molecule has 1 aromatic heterocycles. The van der Waals surface area contributed by atoms with Crippen LogP contribution < -0.4 is 14.8 Å². The van der Waals surface area contributed by atoms with Crippen LogP contribution in [0.2, 0.25) is 0 Å². The van der Waals surface area contributed by atoms with Crippen molar-refractivity contribution in [3.05, 3.63) is 53.8 Å². The highest BCUT2D eigenvalue weighted by Crippen LogP contribution is 2.28. The molecule has 31 heavy (non-hydrogen) atoms. The van der Waals surface area contributed by atoms with Gasteiger partial charge in [0.1, 0.15) is 5.75 Å². The maximum atomic E-state index is 13.7. The zero-order valence-corrected chi connectivity index (χ0v) is 14.7. The summed E-state index contributed by atoms with van der Waals surface area (Å²) in [6, 6.07) is 5.91. The normalized spacial score (nSPS) is 11.8. The molecule has 0 aliphatic carbocycles. The van der Waals surface area contributed by atoms with Gasteiger partial charge in [-0.05, 0) is 42.5 Å². The molecule has 1 amide bonds. The van der Waals surface area contributed by atoms with Gasteiger partial charge < -0.3 is 13.9 Å². The Hall–Kier alpha value is -3.84. The second-order valence-electron chi connectivity index (χ2n) is 5.63. The Balaban J connectivity index is 1.68. The predicted molar refractivity (Wildman–Crippen MR) is 87.5 cm³/mol. The van der Waals surface area contributed by atoms with Gasteiger partial charge in [0, 0.05) is 11.1 Å². The third kappa shape index (κ3) is 6.07. The molecule has 14 heteroatoms. The van der Waals surface area contributed by atoms with Crippen molar-refractivity contribution in [1.82, 2.24) is 10.2 Å². The van der Waals surface area contributed by atoms with Gasteiger partial charge in [-0.3, -0.25) is 10.1 Å². The zero-order chi connectivity index (χ0) is 22.8. The van der Waals surface area contributed by atoms with Gasteiger partial charge in [-0.2, -0.15) is 0 Å². The first kappa shape index (κ1) is 21.9. The third-order valence-electron chi connectivity index (χ3n) is 3.40. The molecular formula is C17H8F7N3O4. The number of ether oxygens (including phenoxy) is 2. The number of nitrogens with one attached hydrogen (secondary N) is 1. The largest absolute Gasteiger partial charge is 0.573 e. The number of aromatic nitrogens is 2. The minimum absolute atomic E-state index is 0.172. The first-order valence-corrected chi connectivity index (χ1v) is 7.96. The first-order chi connectivity index (χ1) is 14.4. The fourth-order valence-electron chi connectivity index (χ4n) is 2.21. The molecule has 0 unspecified atom stereocenters. The highest BCUT2D eigenvalue weighted by atomic mass is 19.4.